The van der Waals surface area contributed by atoms with E-state index in [0.717, 1.165) is 109 Å². The SMILES string of the molecule is CC1=C(C(=O)Nc2ccc3[nH]nc(-c4ccnc(N5C[C@@H](C)N(CC6CCN(CC7CCN(c8ccc9c(c8)C(=O)N(C8CCC(=O)NC8=O)C9=O)CC7)CC6)[C@@H](C)C5)c4)c3c2)CN2NNN=C2N1C. The Kier molecular flexibility index (Phi) is 12.0. The minimum atomic E-state index is -0.964. The Morgan fingerprint density at radius 3 is 2.34 bits per heavy atom. The van der Waals surface area contributed by atoms with Crippen LogP contribution in [0.3, 0.4) is 0 Å². The quantitative estimate of drug-likeness (QED) is 0.145. The Balaban J connectivity index is 0.651. The number of nitrogens with zero attached hydrogens (tertiary/aromatic N) is 10. The first-order valence-electron chi connectivity index (χ1n) is 24.8. The number of anilines is 3. The number of amides is 5. The summed E-state index contributed by atoms with van der Waals surface area (Å²) in [4.78, 5) is 82.2. The molecule has 0 saturated carbocycles. The second kappa shape index (κ2) is 18.4. The van der Waals surface area contributed by atoms with E-state index in [1.807, 2.05) is 55.4 Å². The summed E-state index contributed by atoms with van der Waals surface area (Å²) in [7, 11) is 1.89. The van der Waals surface area contributed by atoms with Gasteiger partial charge in [0.1, 0.15) is 17.6 Å². The molecular weight excluding hydrogens is 891 g/mol. The van der Waals surface area contributed by atoms with E-state index in [1.165, 1.54) is 12.8 Å². The smallest absolute Gasteiger partial charge is 0.262 e. The first-order chi connectivity index (χ1) is 33.9. The number of hydrazine groups is 2. The normalized spacial score (nSPS) is 24.1. The predicted octanol–water partition coefficient (Wildman–Crippen LogP) is 3.31. The molecule has 5 amide bonds. The Morgan fingerprint density at radius 1 is 0.829 bits per heavy atom. The first kappa shape index (κ1) is 45.5. The zero-order chi connectivity index (χ0) is 48.4. The van der Waals surface area contributed by atoms with Gasteiger partial charge in [-0.25, -0.2) is 10.5 Å². The molecule has 0 spiro atoms. The molecule has 7 aliphatic rings. The van der Waals surface area contributed by atoms with Gasteiger partial charge in [-0.05, 0) is 126 Å². The van der Waals surface area contributed by atoms with Gasteiger partial charge in [-0.15, -0.1) is 10.6 Å². The molecule has 4 saturated heterocycles. The fourth-order valence-electron chi connectivity index (χ4n) is 11.7. The van der Waals surface area contributed by atoms with E-state index in [1.54, 1.807) is 17.1 Å². The zero-order valence-electron chi connectivity index (χ0n) is 40.2. The third-order valence-electron chi connectivity index (χ3n) is 15.8. The lowest BCUT2D eigenvalue weighted by molar-refractivity contribution is -0.136. The van der Waals surface area contributed by atoms with E-state index >= 15 is 0 Å². The van der Waals surface area contributed by atoms with Crippen molar-refractivity contribution < 1.29 is 24.0 Å². The Bertz CT molecular complexity index is 2820. The number of guanidine groups is 1. The Hall–Kier alpha value is -6.90. The predicted molar refractivity (Wildman–Crippen MR) is 264 cm³/mol. The number of allylic oxidation sites excluding steroid dienone is 1. The van der Waals surface area contributed by atoms with Crippen molar-refractivity contribution in [1.29, 1.82) is 0 Å². The van der Waals surface area contributed by atoms with Crippen molar-refractivity contribution in [2.45, 2.75) is 77.4 Å². The van der Waals surface area contributed by atoms with Crippen LogP contribution >= 0.6 is 0 Å². The summed E-state index contributed by atoms with van der Waals surface area (Å²) < 4.78 is 0. The van der Waals surface area contributed by atoms with Crippen molar-refractivity contribution in [2.24, 2.45) is 16.9 Å². The number of likely N-dealkylation sites (tertiary alicyclic amines) is 1. The number of rotatable bonds is 10. The molecule has 11 rings (SSSR count). The number of pyridine rings is 1. The number of aromatic nitrogens is 3. The molecule has 5 N–H and O–H groups in total. The van der Waals surface area contributed by atoms with Crippen molar-refractivity contribution in [3.8, 4) is 11.3 Å². The van der Waals surface area contributed by atoms with Crippen molar-refractivity contribution in [3.63, 3.8) is 0 Å². The van der Waals surface area contributed by atoms with Gasteiger partial charge in [-0.3, -0.25) is 49.2 Å². The van der Waals surface area contributed by atoms with Crippen LogP contribution < -0.4 is 31.5 Å². The number of hydrogen-bond donors (Lipinski definition) is 5. The highest BCUT2D eigenvalue weighted by Gasteiger charge is 2.45. The van der Waals surface area contributed by atoms with Gasteiger partial charge in [-0.2, -0.15) is 5.10 Å². The molecule has 366 valence electrons. The van der Waals surface area contributed by atoms with Crippen LogP contribution in [-0.2, 0) is 14.4 Å². The number of carbonyl (C=O) groups is 5. The van der Waals surface area contributed by atoms with Crippen molar-refractivity contribution in [1.82, 2.24) is 56.2 Å². The molecule has 9 heterocycles. The van der Waals surface area contributed by atoms with E-state index in [9.17, 15) is 24.0 Å². The molecule has 20 heteroatoms. The summed E-state index contributed by atoms with van der Waals surface area (Å²) >= 11 is 0. The molecule has 70 heavy (non-hydrogen) atoms. The minimum Gasteiger partial charge on any atom is -0.371 e. The third kappa shape index (κ3) is 8.50. The van der Waals surface area contributed by atoms with Crippen LogP contribution in [0.5, 0.6) is 0 Å². The topological polar surface area (TPSA) is 210 Å². The first-order valence-corrected chi connectivity index (χ1v) is 24.8. The number of carbonyl (C=O) groups excluding carboxylic acids is 5. The maximum atomic E-state index is 13.6. The Labute approximate surface area is 406 Å². The van der Waals surface area contributed by atoms with E-state index in [2.05, 4.69) is 71.4 Å². The van der Waals surface area contributed by atoms with Gasteiger partial charge in [-0.1, -0.05) is 0 Å². The molecule has 20 nitrogen and oxygen atoms in total. The number of piperidine rings is 3. The van der Waals surface area contributed by atoms with E-state index < -0.39 is 23.8 Å². The number of hydrazone groups is 1. The molecule has 0 bridgehead atoms. The number of nitrogens with one attached hydrogen (secondary N) is 5. The summed E-state index contributed by atoms with van der Waals surface area (Å²) in [5.41, 5.74) is 12.1. The van der Waals surface area contributed by atoms with Crippen LogP contribution in [0.2, 0.25) is 0 Å². The van der Waals surface area contributed by atoms with E-state index in [-0.39, 0.29) is 24.7 Å². The van der Waals surface area contributed by atoms with Crippen molar-refractivity contribution in [2.75, 3.05) is 81.1 Å². The van der Waals surface area contributed by atoms with Crippen molar-refractivity contribution in [3.05, 3.63) is 77.1 Å². The van der Waals surface area contributed by atoms with Gasteiger partial charge in [0.2, 0.25) is 17.8 Å². The van der Waals surface area contributed by atoms with Gasteiger partial charge in [0.05, 0.1) is 28.8 Å². The number of H-pyrrole nitrogens is 1. The molecule has 7 aliphatic heterocycles. The minimum absolute atomic E-state index is 0.1000. The maximum absolute atomic E-state index is 13.6. The summed E-state index contributed by atoms with van der Waals surface area (Å²) in [6, 6.07) is 15.1. The highest BCUT2D eigenvalue weighted by atomic mass is 16.2. The summed E-state index contributed by atoms with van der Waals surface area (Å²) in [6.45, 7) is 15.0. The molecule has 0 aliphatic carbocycles. The molecule has 3 atom stereocenters. The Morgan fingerprint density at radius 2 is 1.57 bits per heavy atom. The fraction of sp³-hybridized carbons (Fsp3) is 0.480. The molecule has 4 aromatic rings. The average Bonchev–Trinajstić information content (AvgIpc) is 4.08. The number of aromatic amines is 1. The van der Waals surface area contributed by atoms with Gasteiger partial charge < -0.3 is 24.9 Å². The number of imide groups is 2. The zero-order valence-corrected chi connectivity index (χ0v) is 40.2. The lowest BCUT2D eigenvalue weighted by Gasteiger charge is -2.47. The standard InChI is InChI=1S/C50H61N15O5/c1-29-24-62(43-21-34(11-16-51-43)45-39-22-35(5-8-41(39)54-55-45)52-46(67)40-28-64-50(56-57-58-64)59(4)31(40)3)25-30(2)63(29)27-33-12-17-60(18-13-33)26-32-14-19-61(20-15-32)36-6-7-37-38(23-36)49(70)65(48(37)69)42-9-10-44(66)53-47(42)68/h5-8,11,16,21-23,29-30,32-33,42,57-58H,9-10,12-15,17-20,24-28H2,1-4H3,(H,52,67)(H,54,55)(H,53,66,68)/t29-,30+,42?. The van der Waals surface area contributed by atoms with Crippen LogP contribution in [-0.4, -0.2) is 159 Å². The van der Waals surface area contributed by atoms with Crippen LogP contribution in [0.25, 0.3) is 22.2 Å². The molecule has 0 radical (unpaired) electrons. The molecule has 1 unspecified atom stereocenters. The molecular formula is C50H61N15O5. The second-order valence-electron chi connectivity index (χ2n) is 20.2. The number of piperazine rings is 1. The van der Waals surface area contributed by atoms with Gasteiger partial charge >= 0.3 is 0 Å². The lowest BCUT2D eigenvalue weighted by Crippen LogP contribution is -2.58. The van der Waals surface area contributed by atoms with Gasteiger partial charge in [0.25, 0.3) is 17.7 Å². The van der Waals surface area contributed by atoms with Crippen LogP contribution in [0.1, 0.15) is 80.0 Å². The summed E-state index contributed by atoms with van der Waals surface area (Å²) in [5.74, 6) is 0.813. The van der Waals surface area contributed by atoms with Gasteiger partial charge in [0, 0.05) is 99.0 Å². The second-order valence-corrected chi connectivity index (χ2v) is 20.2. The third-order valence-corrected chi connectivity index (χ3v) is 15.8. The van der Waals surface area contributed by atoms with E-state index in [4.69, 9.17) is 10.1 Å². The van der Waals surface area contributed by atoms with Crippen LogP contribution in [0, 0.1) is 11.8 Å². The number of hydrogen-bond acceptors (Lipinski definition) is 16. The molecule has 4 fully saturated rings. The maximum Gasteiger partial charge on any atom is 0.262 e. The summed E-state index contributed by atoms with van der Waals surface area (Å²) in [6.07, 6.45) is 6.63. The molecule has 2 aromatic heterocycles. The van der Waals surface area contributed by atoms with E-state index in [0.29, 0.717) is 58.8 Å². The average molecular weight is 952 g/mol. The largest absolute Gasteiger partial charge is 0.371 e. The van der Waals surface area contributed by atoms with Crippen LogP contribution in [0.4, 0.5) is 17.2 Å². The fourth-order valence-corrected chi connectivity index (χ4v) is 11.7. The summed E-state index contributed by atoms with van der Waals surface area (Å²) in [5, 5.41) is 20.2. The van der Waals surface area contributed by atoms with Gasteiger partial charge in [0.15, 0.2) is 0 Å². The van der Waals surface area contributed by atoms with Crippen molar-refractivity contribution >= 4 is 63.6 Å². The number of fused-ring (bicyclic) bond motifs is 3. The monoisotopic (exact) mass is 951 g/mol. The highest BCUT2D eigenvalue weighted by molar-refractivity contribution is 6.23. The lowest BCUT2D eigenvalue weighted by atomic mass is 9.91. The van der Waals surface area contributed by atoms with Crippen LogP contribution in [0.15, 0.2) is 71.1 Å². The molecule has 2 aromatic carbocycles. The highest BCUT2D eigenvalue weighted by Crippen LogP contribution is 2.35. The number of benzene rings is 2.